The number of carbonyl (C=O) groups excluding carboxylic acids is 1. The Morgan fingerprint density at radius 1 is 1.10 bits per heavy atom. The third-order valence-electron chi connectivity index (χ3n) is 4.27. The van der Waals surface area contributed by atoms with Gasteiger partial charge in [0.25, 0.3) is 11.5 Å². The number of halogens is 1. The molecule has 2 heterocycles. The van der Waals surface area contributed by atoms with E-state index in [0.717, 1.165) is 17.3 Å². The van der Waals surface area contributed by atoms with Gasteiger partial charge in [0, 0.05) is 17.4 Å². The number of para-hydroxylation sites is 1. The number of nitrogens with zero attached hydrogens (tertiary/aromatic N) is 4. The van der Waals surface area contributed by atoms with Crippen LogP contribution in [0, 0.1) is 0 Å². The van der Waals surface area contributed by atoms with E-state index in [2.05, 4.69) is 20.5 Å². The normalized spacial score (nSPS) is 11.1. The van der Waals surface area contributed by atoms with E-state index in [1.807, 2.05) is 6.07 Å². The highest BCUT2D eigenvalue weighted by molar-refractivity contribution is 7.99. The van der Waals surface area contributed by atoms with E-state index in [1.54, 1.807) is 67.0 Å². The number of fused-ring (bicyclic) bond motifs is 1. The fraction of sp³-hybridized carbons (Fsp3) is 0.0455. The van der Waals surface area contributed by atoms with Crippen molar-refractivity contribution >= 4 is 46.4 Å². The molecule has 0 saturated carbocycles. The maximum Gasteiger partial charge on any atom is 0.266 e. The van der Waals surface area contributed by atoms with Gasteiger partial charge in [-0.2, -0.15) is 5.10 Å². The van der Waals surface area contributed by atoms with Crippen molar-refractivity contribution in [3.8, 4) is 5.69 Å². The molecule has 0 fully saturated rings. The Balaban J connectivity index is 1.58. The van der Waals surface area contributed by atoms with E-state index in [-0.39, 0.29) is 17.2 Å². The molecule has 2 aromatic carbocycles. The van der Waals surface area contributed by atoms with Crippen molar-refractivity contribution in [3.63, 3.8) is 0 Å². The molecule has 0 aliphatic rings. The van der Waals surface area contributed by atoms with Crippen LogP contribution in [0.5, 0.6) is 0 Å². The standard InChI is InChI=1S/C22H16ClN5O2S/c23-16-5-7-17(8-6-16)28-21(30)18-3-1-2-4-19(18)26-22(28)31-14-20(29)27-25-13-15-9-11-24-12-10-15/h1-13H,14H2,(H,27,29)/b25-13+. The highest BCUT2D eigenvalue weighted by atomic mass is 35.5. The van der Waals surface area contributed by atoms with Crippen molar-refractivity contribution in [2.75, 3.05) is 5.75 Å². The van der Waals surface area contributed by atoms with E-state index >= 15 is 0 Å². The van der Waals surface area contributed by atoms with Crippen LogP contribution in [-0.4, -0.2) is 32.4 Å². The predicted molar refractivity (Wildman–Crippen MR) is 123 cm³/mol. The zero-order valence-electron chi connectivity index (χ0n) is 16.1. The molecule has 0 aliphatic heterocycles. The summed E-state index contributed by atoms with van der Waals surface area (Å²) in [6, 6.07) is 17.5. The van der Waals surface area contributed by atoms with Crippen molar-refractivity contribution < 1.29 is 4.79 Å². The zero-order chi connectivity index (χ0) is 21.6. The van der Waals surface area contributed by atoms with Gasteiger partial charge in [0.05, 0.1) is 28.6 Å². The Hall–Kier alpha value is -3.49. The van der Waals surface area contributed by atoms with E-state index in [4.69, 9.17) is 11.6 Å². The molecule has 154 valence electrons. The highest BCUT2D eigenvalue weighted by Crippen LogP contribution is 2.22. The molecule has 9 heteroatoms. The summed E-state index contributed by atoms with van der Waals surface area (Å²) in [5, 5.41) is 5.40. The van der Waals surface area contributed by atoms with Gasteiger partial charge in [0.15, 0.2) is 5.16 Å². The fourth-order valence-electron chi connectivity index (χ4n) is 2.82. The van der Waals surface area contributed by atoms with Gasteiger partial charge in [0.2, 0.25) is 0 Å². The number of hydrazone groups is 1. The van der Waals surface area contributed by atoms with Gasteiger partial charge in [-0.15, -0.1) is 0 Å². The average Bonchev–Trinajstić information content (AvgIpc) is 2.79. The number of aromatic nitrogens is 3. The monoisotopic (exact) mass is 449 g/mol. The predicted octanol–water partition coefficient (Wildman–Crippen LogP) is 3.68. The van der Waals surface area contributed by atoms with Crippen LogP contribution in [0.25, 0.3) is 16.6 Å². The molecule has 2 aromatic heterocycles. The highest BCUT2D eigenvalue weighted by Gasteiger charge is 2.14. The zero-order valence-corrected chi connectivity index (χ0v) is 17.7. The average molecular weight is 450 g/mol. The molecule has 4 aromatic rings. The summed E-state index contributed by atoms with van der Waals surface area (Å²) >= 11 is 7.14. The van der Waals surface area contributed by atoms with Gasteiger partial charge in [-0.25, -0.2) is 10.4 Å². The van der Waals surface area contributed by atoms with Crippen LogP contribution < -0.4 is 11.0 Å². The molecule has 0 atom stereocenters. The minimum Gasteiger partial charge on any atom is -0.272 e. The molecule has 0 radical (unpaired) electrons. The number of nitrogens with one attached hydrogen (secondary N) is 1. The van der Waals surface area contributed by atoms with E-state index in [9.17, 15) is 9.59 Å². The SMILES string of the molecule is O=C(CSc1nc2ccccc2c(=O)n1-c1ccc(Cl)cc1)N/N=C/c1ccncc1. The lowest BCUT2D eigenvalue weighted by molar-refractivity contribution is -0.118. The van der Waals surface area contributed by atoms with Gasteiger partial charge in [-0.3, -0.25) is 19.1 Å². The molecule has 0 bridgehead atoms. The molecule has 31 heavy (non-hydrogen) atoms. The molecule has 7 nitrogen and oxygen atoms in total. The first kappa shape index (κ1) is 20.8. The van der Waals surface area contributed by atoms with E-state index in [0.29, 0.717) is 26.8 Å². The fourth-order valence-corrected chi connectivity index (χ4v) is 3.75. The summed E-state index contributed by atoms with van der Waals surface area (Å²) in [6.07, 6.45) is 4.81. The lowest BCUT2D eigenvalue weighted by atomic mass is 10.2. The van der Waals surface area contributed by atoms with Crippen LogP contribution in [0.1, 0.15) is 5.56 Å². The summed E-state index contributed by atoms with van der Waals surface area (Å²) in [4.78, 5) is 33.9. The maximum absolute atomic E-state index is 13.2. The first-order valence-corrected chi connectivity index (χ1v) is 10.6. The maximum atomic E-state index is 13.2. The minimum atomic E-state index is -0.319. The number of thioether (sulfide) groups is 1. The number of pyridine rings is 1. The van der Waals surface area contributed by atoms with Crippen LogP contribution >= 0.6 is 23.4 Å². The molecule has 0 unspecified atom stereocenters. The first-order chi connectivity index (χ1) is 15.1. The Morgan fingerprint density at radius 3 is 2.61 bits per heavy atom. The second kappa shape index (κ2) is 9.55. The Labute approximate surface area is 186 Å². The second-order valence-corrected chi connectivity index (χ2v) is 7.77. The Bertz CT molecular complexity index is 1310. The molecule has 0 saturated heterocycles. The van der Waals surface area contributed by atoms with Gasteiger partial charge in [0.1, 0.15) is 0 Å². The summed E-state index contributed by atoms with van der Waals surface area (Å²) < 4.78 is 1.48. The van der Waals surface area contributed by atoms with Crippen LogP contribution in [0.4, 0.5) is 0 Å². The van der Waals surface area contributed by atoms with Crippen LogP contribution in [0.2, 0.25) is 5.02 Å². The summed E-state index contributed by atoms with van der Waals surface area (Å²) in [6.45, 7) is 0. The molecular weight excluding hydrogens is 434 g/mol. The molecule has 0 spiro atoms. The quantitative estimate of drug-likeness (QED) is 0.210. The van der Waals surface area contributed by atoms with E-state index < -0.39 is 0 Å². The van der Waals surface area contributed by atoms with Crippen molar-refractivity contribution in [1.82, 2.24) is 20.0 Å². The Kier molecular flexibility index (Phi) is 6.40. The van der Waals surface area contributed by atoms with Crippen molar-refractivity contribution in [3.05, 3.63) is 94.0 Å². The lowest BCUT2D eigenvalue weighted by Gasteiger charge is -2.13. The third kappa shape index (κ3) is 4.99. The first-order valence-electron chi connectivity index (χ1n) is 9.24. The molecule has 4 rings (SSSR count). The van der Waals surface area contributed by atoms with Gasteiger partial charge in [-0.05, 0) is 54.1 Å². The van der Waals surface area contributed by atoms with Crippen LogP contribution in [0.3, 0.4) is 0 Å². The van der Waals surface area contributed by atoms with Crippen molar-refractivity contribution in [2.45, 2.75) is 5.16 Å². The molecule has 1 N–H and O–H groups in total. The summed E-state index contributed by atoms with van der Waals surface area (Å²) in [5.74, 6) is -0.285. The smallest absolute Gasteiger partial charge is 0.266 e. The number of rotatable bonds is 6. The third-order valence-corrected chi connectivity index (χ3v) is 5.46. The number of carbonyl (C=O) groups is 1. The number of hydrogen-bond donors (Lipinski definition) is 1. The summed E-state index contributed by atoms with van der Waals surface area (Å²) in [7, 11) is 0. The number of benzene rings is 2. The van der Waals surface area contributed by atoms with Crippen LogP contribution in [0.15, 0.2) is 88.1 Å². The second-order valence-electron chi connectivity index (χ2n) is 6.39. The van der Waals surface area contributed by atoms with Gasteiger partial charge < -0.3 is 0 Å². The molecule has 0 aliphatic carbocycles. The number of hydrogen-bond acceptors (Lipinski definition) is 6. The molecule has 1 amide bonds. The lowest BCUT2D eigenvalue weighted by Crippen LogP contribution is -2.24. The van der Waals surface area contributed by atoms with E-state index in [1.165, 1.54) is 10.8 Å². The largest absolute Gasteiger partial charge is 0.272 e. The topological polar surface area (TPSA) is 89.2 Å². The van der Waals surface area contributed by atoms with Crippen molar-refractivity contribution in [2.24, 2.45) is 5.10 Å². The molecular formula is C22H16ClN5O2S. The minimum absolute atomic E-state index is 0.0338. The van der Waals surface area contributed by atoms with Gasteiger partial charge in [-0.1, -0.05) is 35.5 Å². The van der Waals surface area contributed by atoms with Crippen LogP contribution in [-0.2, 0) is 4.79 Å². The van der Waals surface area contributed by atoms with Crippen molar-refractivity contribution in [1.29, 1.82) is 0 Å². The van der Waals surface area contributed by atoms with Gasteiger partial charge >= 0.3 is 0 Å². The Morgan fingerprint density at radius 2 is 1.84 bits per heavy atom. The summed E-state index contributed by atoms with van der Waals surface area (Å²) in [5.41, 5.74) is 4.26. The number of amides is 1.